The Morgan fingerprint density at radius 1 is 1.27 bits per heavy atom. The molecule has 1 heterocycles. The van der Waals surface area contributed by atoms with Crippen molar-refractivity contribution in [3.8, 4) is 0 Å². The lowest BCUT2D eigenvalue weighted by Gasteiger charge is -2.22. The number of anilines is 1. The molecule has 2 bridgehead atoms. The lowest BCUT2D eigenvalue weighted by molar-refractivity contribution is -0.157. The van der Waals surface area contributed by atoms with Gasteiger partial charge in [0.2, 0.25) is 0 Å². The minimum absolute atomic E-state index is 0.0197. The van der Waals surface area contributed by atoms with Gasteiger partial charge in [-0.25, -0.2) is 0 Å². The van der Waals surface area contributed by atoms with Crippen LogP contribution in [-0.2, 0) is 23.9 Å². The number of hydrogen-bond acceptors (Lipinski definition) is 5. The molecule has 3 aliphatic rings. The van der Waals surface area contributed by atoms with Crippen LogP contribution in [0.3, 0.4) is 0 Å². The number of amides is 1. The molecule has 0 spiro atoms. The van der Waals surface area contributed by atoms with Crippen LogP contribution in [-0.4, -0.2) is 30.6 Å². The number of carbonyl (C=O) groups is 3. The molecule has 1 saturated heterocycles. The Hall–Kier alpha value is -1.89. The zero-order valence-electron chi connectivity index (χ0n) is 14.6. The number of aryl methyl sites for hydroxylation is 2. The molecule has 1 amide bonds. The summed E-state index contributed by atoms with van der Waals surface area (Å²) in [6.45, 7) is 3.53. The standard InChI is InChI=1S/C19H20BrNO5/c1-8-3-11(4-9(2)17(8)20)21-14(22)7-25-18(23)15-10-5-12-13(6-10)26-19(24)16(12)15/h3-4,10,12-13,15-16H,5-7H2,1-2H3,(H,21,22)/t10-,12+,13-,15-,16-/m1/s1. The number of carbonyl (C=O) groups excluding carboxylic acids is 3. The number of rotatable bonds is 4. The van der Waals surface area contributed by atoms with Gasteiger partial charge in [0, 0.05) is 16.1 Å². The van der Waals surface area contributed by atoms with Crippen molar-refractivity contribution < 1.29 is 23.9 Å². The largest absolute Gasteiger partial charge is 0.462 e. The van der Waals surface area contributed by atoms with Crippen LogP contribution >= 0.6 is 15.9 Å². The maximum absolute atomic E-state index is 12.5. The van der Waals surface area contributed by atoms with E-state index in [1.54, 1.807) is 0 Å². The van der Waals surface area contributed by atoms with Gasteiger partial charge >= 0.3 is 11.9 Å². The molecule has 1 aliphatic heterocycles. The van der Waals surface area contributed by atoms with Crippen molar-refractivity contribution in [2.24, 2.45) is 23.7 Å². The minimum Gasteiger partial charge on any atom is -0.462 e. The molecule has 3 fully saturated rings. The summed E-state index contributed by atoms with van der Waals surface area (Å²) in [6.07, 6.45) is 1.55. The summed E-state index contributed by atoms with van der Waals surface area (Å²) in [5.41, 5.74) is 2.67. The van der Waals surface area contributed by atoms with Crippen molar-refractivity contribution in [3.63, 3.8) is 0 Å². The Labute approximate surface area is 159 Å². The monoisotopic (exact) mass is 421 g/mol. The van der Waals surface area contributed by atoms with Gasteiger partial charge in [-0.1, -0.05) is 15.9 Å². The molecule has 1 N–H and O–H groups in total. The number of benzene rings is 1. The maximum Gasteiger partial charge on any atom is 0.310 e. The van der Waals surface area contributed by atoms with E-state index >= 15 is 0 Å². The second-order valence-corrected chi connectivity index (χ2v) is 8.30. The van der Waals surface area contributed by atoms with Crippen LogP contribution in [0.15, 0.2) is 16.6 Å². The number of fused-ring (bicyclic) bond motifs is 1. The Morgan fingerprint density at radius 3 is 2.65 bits per heavy atom. The Kier molecular flexibility index (Phi) is 4.29. The molecular formula is C19H20BrNO5. The molecule has 4 rings (SSSR count). The second-order valence-electron chi connectivity index (χ2n) is 7.50. The molecule has 6 nitrogen and oxygen atoms in total. The quantitative estimate of drug-likeness (QED) is 0.755. The second kappa shape index (κ2) is 6.37. The summed E-state index contributed by atoms with van der Waals surface area (Å²) in [6, 6.07) is 3.70. The molecule has 2 saturated carbocycles. The highest BCUT2D eigenvalue weighted by Crippen LogP contribution is 2.57. The number of esters is 2. The highest BCUT2D eigenvalue weighted by molar-refractivity contribution is 9.10. The molecule has 1 aromatic carbocycles. The summed E-state index contributed by atoms with van der Waals surface area (Å²) < 4.78 is 11.6. The highest BCUT2D eigenvalue weighted by Gasteiger charge is 2.64. The van der Waals surface area contributed by atoms with E-state index in [0.717, 1.165) is 28.4 Å². The van der Waals surface area contributed by atoms with Gasteiger partial charge in [-0.3, -0.25) is 14.4 Å². The van der Waals surface area contributed by atoms with Gasteiger partial charge in [-0.05, 0) is 55.9 Å². The van der Waals surface area contributed by atoms with E-state index in [-0.39, 0.29) is 36.4 Å². The van der Waals surface area contributed by atoms with Crippen LogP contribution in [0.25, 0.3) is 0 Å². The smallest absolute Gasteiger partial charge is 0.310 e. The van der Waals surface area contributed by atoms with E-state index in [1.165, 1.54) is 0 Å². The molecule has 2 aliphatic carbocycles. The van der Waals surface area contributed by atoms with E-state index in [9.17, 15) is 14.4 Å². The number of hydrogen-bond donors (Lipinski definition) is 1. The van der Waals surface area contributed by atoms with Crippen molar-refractivity contribution in [2.45, 2.75) is 32.8 Å². The van der Waals surface area contributed by atoms with Crippen LogP contribution < -0.4 is 5.32 Å². The van der Waals surface area contributed by atoms with Gasteiger partial charge in [0.15, 0.2) is 6.61 Å². The predicted molar refractivity (Wildman–Crippen MR) is 96.3 cm³/mol. The Balaban J connectivity index is 1.35. The van der Waals surface area contributed by atoms with E-state index in [4.69, 9.17) is 9.47 Å². The first-order chi connectivity index (χ1) is 12.3. The molecule has 1 aromatic rings. The van der Waals surface area contributed by atoms with Crippen molar-refractivity contribution >= 4 is 39.5 Å². The molecule has 26 heavy (non-hydrogen) atoms. The third-order valence-corrected chi connectivity index (χ3v) is 7.07. The Morgan fingerprint density at radius 2 is 1.96 bits per heavy atom. The van der Waals surface area contributed by atoms with Gasteiger partial charge < -0.3 is 14.8 Å². The number of ether oxygens (including phenoxy) is 2. The zero-order valence-corrected chi connectivity index (χ0v) is 16.2. The summed E-state index contributed by atoms with van der Waals surface area (Å²) in [7, 11) is 0. The third-order valence-electron chi connectivity index (χ3n) is 5.82. The van der Waals surface area contributed by atoms with E-state index in [2.05, 4.69) is 21.2 Å². The van der Waals surface area contributed by atoms with Crippen molar-refractivity contribution in [2.75, 3.05) is 11.9 Å². The molecule has 0 aromatic heterocycles. The van der Waals surface area contributed by atoms with Gasteiger partial charge in [0.1, 0.15) is 6.10 Å². The Bertz CT molecular complexity index is 782. The SMILES string of the molecule is Cc1cc(NC(=O)COC(=O)[C@@H]2[C@@H]3C[C@@H]4[C@H]2C(=O)O[C@@H]4C3)cc(C)c1Br. The predicted octanol–water partition coefficient (Wildman–Crippen LogP) is 2.75. The van der Waals surface area contributed by atoms with Crippen LogP contribution in [0.2, 0.25) is 0 Å². The molecular weight excluding hydrogens is 402 g/mol. The zero-order chi connectivity index (χ0) is 18.6. The molecule has 0 unspecified atom stereocenters. The number of nitrogens with one attached hydrogen (secondary N) is 1. The molecule has 5 atom stereocenters. The number of halogens is 1. The minimum atomic E-state index is -0.462. The summed E-state index contributed by atoms with van der Waals surface area (Å²) in [5.74, 6) is -1.71. The van der Waals surface area contributed by atoms with Crippen molar-refractivity contribution in [3.05, 3.63) is 27.7 Å². The van der Waals surface area contributed by atoms with Crippen molar-refractivity contribution in [1.29, 1.82) is 0 Å². The molecule has 0 radical (unpaired) electrons. The normalized spacial score (nSPS) is 31.0. The highest BCUT2D eigenvalue weighted by atomic mass is 79.9. The maximum atomic E-state index is 12.5. The van der Waals surface area contributed by atoms with E-state index < -0.39 is 17.8 Å². The third kappa shape index (κ3) is 2.82. The summed E-state index contributed by atoms with van der Waals surface area (Å²) in [5, 5.41) is 2.74. The molecule has 138 valence electrons. The first-order valence-corrected chi connectivity index (χ1v) is 9.58. The van der Waals surface area contributed by atoms with Gasteiger partial charge in [-0.15, -0.1) is 0 Å². The average molecular weight is 422 g/mol. The first kappa shape index (κ1) is 17.5. The fraction of sp³-hybridized carbons (Fsp3) is 0.526. The van der Waals surface area contributed by atoms with Crippen LogP contribution in [0, 0.1) is 37.5 Å². The van der Waals surface area contributed by atoms with Gasteiger partial charge in [-0.2, -0.15) is 0 Å². The lowest BCUT2D eigenvalue weighted by Crippen LogP contribution is -2.34. The average Bonchev–Trinajstić information content (AvgIpc) is 3.19. The summed E-state index contributed by atoms with van der Waals surface area (Å²) in [4.78, 5) is 36.6. The molecule has 7 heteroatoms. The van der Waals surface area contributed by atoms with Crippen molar-refractivity contribution in [1.82, 2.24) is 0 Å². The topological polar surface area (TPSA) is 81.7 Å². The van der Waals surface area contributed by atoms with Gasteiger partial charge in [0.05, 0.1) is 11.8 Å². The summed E-state index contributed by atoms with van der Waals surface area (Å²) >= 11 is 3.48. The van der Waals surface area contributed by atoms with E-state index in [1.807, 2.05) is 26.0 Å². The van der Waals surface area contributed by atoms with Crippen LogP contribution in [0.5, 0.6) is 0 Å². The van der Waals surface area contributed by atoms with E-state index in [0.29, 0.717) is 5.69 Å². The fourth-order valence-electron chi connectivity index (χ4n) is 4.77. The first-order valence-electron chi connectivity index (χ1n) is 8.79. The van der Waals surface area contributed by atoms with Gasteiger partial charge in [0.25, 0.3) is 5.91 Å². The van der Waals surface area contributed by atoms with Crippen LogP contribution in [0.1, 0.15) is 24.0 Å². The lowest BCUT2D eigenvalue weighted by atomic mass is 9.80. The van der Waals surface area contributed by atoms with Crippen LogP contribution in [0.4, 0.5) is 5.69 Å². The fourth-order valence-corrected chi connectivity index (χ4v) is 5.00.